The maximum Gasteiger partial charge on any atom is 0.257 e. The zero-order valence-corrected chi connectivity index (χ0v) is 20.0. The van der Waals surface area contributed by atoms with Gasteiger partial charge in [-0.05, 0) is 56.0 Å². The molecule has 1 saturated heterocycles. The van der Waals surface area contributed by atoms with Crippen LogP contribution in [0.1, 0.15) is 52.5 Å². The number of likely N-dealkylation sites (tertiary alicyclic amines) is 1. The van der Waals surface area contributed by atoms with E-state index in [4.69, 9.17) is 0 Å². The number of rotatable bonds is 5. The number of aryl methyl sites for hydroxylation is 1. The maximum atomic E-state index is 13.4. The van der Waals surface area contributed by atoms with Crippen LogP contribution >= 0.6 is 0 Å². The number of H-pyrrole nitrogens is 3. The highest BCUT2D eigenvalue weighted by atomic mass is 16.2. The first-order chi connectivity index (χ1) is 17.6. The van der Waals surface area contributed by atoms with E-state index in [2.05, 4.69) is 55.8 Å². The van der Waals surface area contributed by atoms with E-state index in [0.29, 0.717) is 24.3 Å². The molecule has 4 N–H and O–H groups in total. The number of nitrogens with zero attached hydrogens (tertiary/aromatic N) is 3. The number of nitrogens with one attached hydrogen (secondary N) is 4. The Hall–Kier alpha value is -4.40. The summed E-state index contributed by atoms with van der Waals surface area (Å²) in [6, 6.07) is 13.4. The molecule has 0 spiro atoms. The molecule has 0 bridgehead atoms. The Bertz CT molecular complexity index is 1580. The van der Waals surface area contributed by atoms with Gasteiger partial charge in [-0.1, -0.05) is 17.7 Å². The Morgan fingerprint density at radius 2 is 2.00 bits per heavy atom. The van der Waals surface area contributed by atoms with Crippen molar-refractivity contribution in [1.82, 2.24) is 30.3 Å². The Balaban J connectivity index is 1.20. The van der Waals surface area contributed by atoms with Crippen molar-refractivity contribution in [2.75, 3.05) is 11.9 Å². The molecule has 1 fully saturated rings. The van der Waals surface area contributed by atoms with Gasteiger partial charge in [0.25, 0.3) is 5.91 Å². The van der Waals surface area contributed by atoms with E-state index in [9.17, 15) is 9.59 Å². The highest BCUT2D eigenvalue weighted by Crippen LogP contribution is 2.32. The number of hydrogen-bond acceptors (Lipinski definition) is 4. The summed E-state index contributed by atoms with van der Waals surface area (Å²) in [7, 11) is 0. The number of benzene rings is 2. The summed E-state index contributed by atoms with van der Waals surface area (Å²) in [6.07, 6.45) is 6.77. The molecule has 0 aliphatic carbocycles. The van der Waals surface area contributed by atoms with Gasteiger partial charge >= 0.3 is 0 Å². The summed E-state index contributed by atoms with van der Waals surface area (Å²) in [5.41, 5.74) is 5.37. The molecule has 0 saturated carbocycles. The second-order valence-electron chi connectivity index (χ2n) is 9.44. The number of carbonyl (C=O) groups excluding carboxylic acids is 2. The molecule has 9 heteroatoms. The highest BCUT2D eigenvalue weighted by molar-refractivity contribution is 6.12. The Morgan fingerprint density at radius 3 is 2.92 bits per heavy atom. The minimum absolute atomic E-state index is 0.0916. The van der Waals surface area contributed by atoms with Crippen LogP contribution in [-0.4, -0.2) is 48.6 Å². The smallest absolute Gasteiger partial charge is 0.257 e. The van der Waals surface area contributed by atoms with E-state index < -0.39 is 0 Å². The van der Waals surface area contributed by atoms with Crippen molar-refractivity contribution in [1.29, 1.82) is 0 Å². The van der Waals surface area contributed by atoms with Crippen molar-refractivity contribution in [3.8, 4) is 0 Å². The molecule has 1 atom stereocenters. The van der Waals surface area contributed by atoms with Gasteiger partial charge in [0.1, 0.15) is 0 Å². The van der Waals surface area contributed by atoms with E-state index in [1.165, 1.54) is 5.56 Å². The molecule has 9 nitrogen and oxygen atoms in total. The van der Waals surface area contributed by atoms with E-state index in [1.54, 1.807) is 12.3 Å². The topological polar surface area (TPSA) is 123 Å². The molecule has 36 heavy (non-hydrogen) atoms. The van der Waals surface area contributed by atoms with Crippen molar-refractivity contribution >= 4 is 39.4 Å². The third-order valence-corrected chi connectivity index (χ3v) is 7.02. The average Bonchev–Trinajstić information content (AvgIpc) is 3.64. The summed E-state index contributed by atoms with van der Waals surface area (Å²) in [5.74, 6) is 0.265. The first-order valence-corrected chi connectivity index (χ1v) is 12.2. The molecule has 2 amide bonds. The van der Waals surface area contributed by atoms with Gasteiger partial charge in [0.2, 0.25) is 5.91 Å². The summed E-state index contributed by atoms with van der Waals surface area (Å²) in [4.78, 5) is 31.6. The zero-order valence-electron chi connectivity index (χ0n) is 20.0. The van der Waals surface area contributed by atoms with Crippen molar-refractivity contribution in [2.24, 2.45) is 0 Å². The van der Waals surface area contributed by atoms with Crippen LogP contribution in [0.3, 0.4) is 0 Å². The van der Waals surface area contributed by atoms with Crippen molar-refractivity contribution in [3.63, 3.8) is 0 Å². The minimum Gasteiger partial charge on any atom is -0.361 e. The fourth-order valence-corrected chi connectivity index (χ4v) is 5.18. The molecule has 1 unspecified atom stereocenters. The van der Waals surface area contributed by atoms with Crippen LogP contribution in [0.25, 0.3) is 21.8 Å². The SMILES string of the molecule is Cc1ccc2[nH]cc(CC(=O)N3CCCCC3c3cc(NC(=O)c4cccc5[nH]ncc45)n[nH]3)c2c1. The van der Waals surface area contributed by atoms with Crippen LogP contribution in [0.4, 0.5) is 5.82 Å². The van der Waals surface area contributed by atoms with Crippen LogP contribution in [0.5, 0.6) is 0 Å². The second kappa shape index (κ2) is 8.99. The fourth-order valence-electron chi connectivity index (χ4n) is 5.18. The third kappa shape index (κ3) is 4.02. The molecule has 3 aromatic heterocycles. The van der Waals surface area contributed by atoms with E-state index in [1.807, 2.05) is 29.3 Å². The van der Waals surface area contributed by atoms with Gasteiger partial charge in [-0.3, -0.25) is 19.8 Å². The molecular weight excluding hydrogens is 454 g/mol. The summed E-state index contributed by atoms with van der Waals surface area (Å²) in [6.45, 7) is 2.76. The van der Waals surface area contributed by atoms with Gasteiger partial charge in [0, 0.05) is 35.1 Å². The molecule has 1 aliphatic heterocycles. The number of hydrogen-bond donors (Lipinski definition) is 4. The number of aromatic nitrogens is 5. The fraction of sp³-hybridized carbons (Fsp3) is 0.259. The predicted octanol–water partition coefficient (Wildman–Crippen LogP) is 4.62. The van der Waals surface area contributed by atoms with Crippen molar-refractivity contribution in [2.45, 2.75) is 38.6 Å². The molecule has 4 heterocycles. The van der Waals surface area contributed by atoms with Crippen LogP contribution in [0.15, 0.2) is 54.9 Å². The van der Waals surface area contributed by atoms with Crippen LogP contribution in [0.2, 0.25) is 0 Å². The standard InChI is InChI=1S/C27H27N7O2/c1-16-8-9-21-19(11-16)17(14-28-21)12-26(35)34-10-3-2-7-24(34)23-13-25(33-32-23)30-27(36)18-5-4-6-22-20(18)15-29-31-22/h4-6,8-9,11,13-15,24,28H,2-3,7,10,12H2,1H3,(H,29,31)(H2,30,32,33,36). The molecule has 1 aliphatic rings. The predicted molar refractivity (Wildman–Crippen MR) is 138 cm³/mol. The van der Waals surface area contributed by atoms with Gasteiger partial charge in [-0.25, -0.2) is 0 Å². The lowest BCUT2D eigenvalue weighted by atomic mass is 9.98. The van der Waals surface area contributed by atoms with E-state index >= 15 is 0 Å². The minimum atomic E-state index is -0.258. The van der Waals surface area contributed by atoms with Gasteiger partial charge < -0.3 is 15.2 Å². The Labute approximate surface area is 207 Å². The average molecular weight is 482 g/mol. The summed E-state index contributed by atoms with van der Waals surface area (Å²) in [5, 5.41) is 19.0. The largest absolute Gasteiger partial charge is 0.361 e. The Kier molecular flexibility index (Phi) is 5.52. The Morgan fingerprint density at radius 1 is 1.08 bits per heavy atom. The third-order valence-electron chi connectivity index (χ3n) is 7.02. The highest BCUT2D eigenvalue weighted by Gasteiger charge is 2.30. The monoisotopic (exact) mass is 481 g/mol. The van der Waals surface area contributed by atoms with Gasteiger partial charge in [0.15, 0.2) is 5.82 Å². The normalized spacial score (nSPS) is 16.0. The molecular formula is C27H27N7O2. The molecule has 0 radical (unpaired) electrons. The van der Waals surface area contributed by atoms with Gasteiger partial charge in [-0.2, -0.15) is 10.2 Å². The van der Waals surface area contributed by atoms with Crippen LogP contribution in [-0.2, 0) is 11.2 Å². The number of amides is 2. The van der Waals surface area contributed by atoms with Gasteiger partial charge in [-0.15, -0.1) is 0 Å². The molecule has 2 aromatic carbocycles. The number of piperidine rings is 1. The first-order valence-electron chi connectivity index (χ1n) is 12.2. The molecule has 5 aromatic rings. The number of fused-ring (bicyclic) bond motifs is 2. The number of aromatic amines is 3. The lowest BCUT2D eigenvalue weighted by Gasteiger charge is -2.35. The number of carbonyl (C=O) groups is 2. The van der Waals surface area contributed by atoms with E-state index in [0.717, 1.165) is 52.3 Å². The zero-order chi connectivity index (χ0) is 24.6. The lowest BCUT2D eigenvalue weighted by molar-refractivity contribution is -0.134. The molecule has 182 valence electrons. The van der Waals surface area contributed by atoms with Crippen molar-refractivity contribution < 1.29 is 9.59 Å². The van der Waals surface area contributed by atoms with Crippen molar-refractivity contribution in [3.05, 3.63) is 77.2 Å². The van der Waals surface area contributed by atoms with Crippen LogP contribution in [0, 0.1) is 6.92 Å². The first kappa shape index (κ1) is 22.1. The summed E-state index contributed by atoms with van der Waals surface area (Å²) >= 11 is 0. The lowest BCUT2D eigenvalue weighted by Crippen LogP contribution is -2.39. The quantitative estimate of drug-likeness (QED) is 0.292. The van der Waals surface area contributed by atoms with Crippen LogP contribution < -0.4 is 5.32 Å². The van der Waals surface area contributed by atoms with E-state index in [-0.39, 0.29) is 17.9 Å². The molecule has 6 rings (SSSR count). The van der Waals surface area contributed by atoms with Gasteiger partial charge in [0.05, 0.1) is 35.4 Å². The summed E-state index contributed by atoms with van der Waals surface area (Å²) < 4.78 is 0. The maximum absolute atomic E-state index is 13.4. The number of anilines is 1. The second-order valence-corrected chi connectivity index (χ2v) is 9.44.